The van der Waals surface area contributed by atoms with Crippen LogP contribution in [0.2, 0.25) is 0 Å². The molecule has 0 fully saturated rings. The van der Waals surface area contributed by atoms with Crippen LogP contribution in [0.15, 0.2) is 47.4 Å². The SMILES string of the molecule is CSc1cccc(NC(=O)c2ccc3nc(N)sc3c2)c1. The third kappa shape index (κ3) is 3.01. The molecule has 0 atom stereocenters. The molecule has 1 heterocycles. The Labute approximate surface area is 130 Å². The molecule has 1 amide bonds. The number of carbonyl (C=O) groups excluding carboxylic acids is 1. The molecule has 0 aliphatic carbocycles. The lowest BCUT2D eigenvalue weighted by Gasteiger charge is -2.06. The average molecular weight is 315 g/mol. The van der Waals surface area contributed by atoms with Crippen LogP contribution in [-0.4, -0.2) is 17.1 Å². The molecular weight excluding hydrogens is 302 g/mol. The van der Waals surface area contributed by atoms with Crippen molar-refractivity contribution in [2.45, 2.75) is 4.90 Å². The zero-order chi connectivity index (χ0) is 14.8. The Morgan fingerprint density at radius 2 is 2.14 bits per heavy atom. The van der Waals surface area contributed by atoms with Crippen LogP contribution in [0.4, 0.5) is 10.8 Å². The van der Waals surface area contributed by atoms with E-state index < -0.39 is 0 Å². The molecule has 0 unspecified atom stereocenters. The first-order valence-electron chi connectivity index (χ1n) is 6.27. The molecule has 0 bridgehead atoms. The summed E-state index contributed by atoms with van der Waals surface area (Å²) in [5.41, 5.74) is 7.88. The highest BCUT2D eigenvalue weighted by atomic mass is 32.2. The van der Waals surface area contributed by atoms with Gasteiger partial charge in [-0.05, 0) is 42.7 Å². The topological polar surface area (TPSA) is 68.0 Å². The normalized spacial score (nSPS) is 10.7. The Bertz CT molecular complexity index is 814. The number of benzene rings is 2. The molecule has 2 aromatic carbocycles. The smallest absolute Gasteiger partial charge is 0.255 e. The molecular formula is C15H13N3OS2. The van der Waals surface area contributed by atoms with E-state index in [2.05, 4.69) is 10.3 Å². The number of rotatable bonds is 3. The van der Waals surface area contributed by atoms with Crippen molar-refractivity contribution < 1.29 is 4.79 Å². The van der Waals surface area contributed by atoms with Gasteiger partial charge in [-0.2, -0.15) is 0 Å². The van der Waals surface area contributed by atoms with Crippen LogP contribution < -0.4 is 11.1 Å². The van der Waals surface area contributed by atoms with Gasteiger partial charge < -0.3 is 11.1 Å². The molecule has 0 aliphatic rings. The van der Waals surface area contributed by atoms with Crippen molar-refractivity contribution >= 4 is 50.0 Å². The Hall–Kier alpha value is -2.05. The lowest BCUT2D eigenvalue weighted by Crippen LogP contribution is -2.11. The molecule has 4 nitrogen and oxygen atoms in total. The molecule has 0 saturated carbocycles. The van der Waals surface area contributed by atoms with Crippen molar-refractivity contribution in [2.75, 3.05) is 17.3 Å². The van der Waals surface area contributed by atoms with Crippen molar-refractivity contribution in [3.8, 4) is 0 Å². The van der Waals surface area contributed by atoms with Crippen LogP contribution in [0.5, 0.6) is 0 Å². The predicted octanol–water partition coefficient (Wildman–Crippen LogP) is 3.85. The summed E-state index contributed by atoms with van der Waals surface area (Å²) in [6.07, 6.45) is 2.00. The first-order chi connectivity index (χ1) is 10.2. The first-order valence-corrected chi connectivity index (χ1v) is 8.31. The zero-order valence-corrected chi connectivity index (χ0v) is 12.9. The van der Waals surface area contributed by atoms with Crippen LogP contribution in [-0.2, 0) is 0 Å². The maximum absolute atomic E-state index is 12.3. The Balaban J connectivity index is 1.85. The Kier molecular flexibility index (Phi) is 3.81. The number of nitrogens with zero attached hydrogens (tertiary/aromatic N) is 1. The monoisotopic (exact) mass is 315 g/mol. The van der Waals surface area contributed by atoms with Gasteiger partial charge in [0.15, 0.2) is 5.13 Å². The van der Waals surface area contributed by atoms with Crippen molar-refractivity contribution in [3.63, 3.8) is 0 Å². The number of aromatic nitrogens is 1. The second kappa shape index (κ2) is 5.75. The van der Waals surface area contributed by atoms with E-state index in [0.29, 0.717) is 10.7 Å². The average Bonchev–Trinajstić information content (AvgIpc) is 2.86. The highest BCUT2D eigenvalue weighted by Gasteiger charge is 2.09. The summed E-state index contributed by atoms with van der Waals surface area (Å²) in [6.45, 7) is 0. The lowest BCUT2D eigenvalue weighted by atomic mass is 10.2. The maximum atomic E-state index is 12.3. The van der Waals surface area contributed by atoms with Gasteiger partial charge in [-0.3, -0.25) is 4.79 Å². The maximum Gasteiger partial charge on any atom is 0.255 e. The van der Waals surface area contributed by atoms with E-state index in [4.69, 9.17) is 5.73 Å². The number of nitrogens with two attached hydrogens (primary N) is 1. The molecule has 0 spiro atoms. The molecule has 0 saturated heterocycles. The van der Waals surface area contributed by atoms with E-state index >= 15 is 0 Å². The molecule has 3 N–H and O–H groups in total. The van der Waals surface area contributed by atoms with E-state index in [1.54, 1.807) is 17.8 Å². The minimum atomic E-state index is -0.137. The minimum absolute atomic E-state index is 0.137. The van der Waals surface area contributed by atoms with Crippen molar-refractivity contribution in [2.24, 2.45) is 0 Å². The molecule has 3 aromatic rings. The molecule has 0 radical (unpaired) electrons. The highest BCUT2D eigenvalue weighted by molar-refractivity contribution is 7.98. The number of anilines is 2. The van der Waals surface area contributed by atoms with Gasteiger partial charge in [-0.1, -0.05) is 17.4 Å². The van der Waals surface area contributed by atoms with Gasteiger partial charge in [0.1, 0.15) is 0 Å². The van der Waals surface area contributed by atoms with E-state index in [-0.39, 0.29) is 5.91 Å². The highest BCUT2D eigenvalue weighted by Crippen LogP contribution is 2.25. The van der Waals surface area contributed by atoms with Gasteiger partial charge in [0.2, 0.25) is 0 Å². The number of thioether (sulfide) groups is 1. The van der Waals surface area contributed by atoms with Crippen molar-refractivity contribution in [1.29, 1.82) is 0 Å². The molecule has 0 aliphatic heterocycles. The van der Waals surface area contributed by atoms with Gasteiger partial charge in [0, 0.05) is 16.1 Å². The zero-order valence-electron chi connectivity index (χ0n) is 11.3. The van der Waals surface area contributed by atoms with Crippen LogP contribution in [0.25, 0.3) is 10.2 Å². The number of amides is 1. The number of nitrogen functional groups attached to an aromatic ring is 1. The third-order valence-corrected chi connectivity index (χ3v) is 4.57. The molecule has 3 rings (SSSR count). The number of hydrogen-bond acceptors (Lipinski definition) is 5. The number of fused-ring (bicyclic) bond motifs is 1. The fourth-order valence-electron chi connectivity index (χ4n) is 1.99. The summed E-state index contributed by atoms with van der Waals surface area (Å²) < 4.78 is 0.915. The van der Waals surface area contributed by atoms with Crippen molar-refractivity contribution in [1.82, 2.24) is 4.98 Å². The summed E-state index contributed by atoms with van der Waals surface area (Å²) in [5.74, 6) is -0.137. The quantitative estimate of drug-likeness (QED) is 0.720. The summed E-state index contributed by atoms with van der Waals surface area (Å²) in [4.78, 5) is 17.6. The first kappa shape index (κ1) is 13.9. The molecule has 21 heavy (non-hydrogen) atoms. The molecule has 1 aromatic heterocycles. The number of thiazole rings is 1. The lowest BCUT2D eigenvalue weighted by molar-refractivity contribution is 0.102. The molecule has 106 valence electrons. The Morgan fingerprint density at radius 3 is 2.95 bits per heavy atom. The van der Waals surface area contributed by atoms with Crippen molar-refractivity contribution in [3.05, 3.63) is 48.0 Å². The second-order valence-corrected chi connectivity index (χ2v) is 6.36. The van der Waals surface area contributed by atoms with E-state index in [1.807, 2.05) is 42.7 Å². The number of nitrogens with one attached hydrogen (secondary N) is 1. The van der Waals surface area contributed by atoms with E-state index in [1.165, 1.54) is 11.3 Å². The summed E-state index contributed by atoms with van der Waals surface area (Å²) in [6, 6.07) is 13.1. The van der Waals surface area contributed by atoms with Gasteiger partial charge in [0.05, 0.1) is 10.2 Å². The summed E-state index contributed by atoms with van der Waals surface area (Å²) >= 11 is 3.02. The third-order valence-electron chi connectivity index (χ3n) is 2.99. The molecule has 6 heteroatoms. The predicted molar refractivity (Wildman–Crippen MR) is 90.2 cm³/mol. The van der Waals surface area contributed by atoms with E-state index in [9.17, 15) is 4.79 Å². The minimum Gasteiger partial charge on any atom is -0.375 e. The van der Waals surface area contributed by atoms with Gasteiger partial charge in [-0.15, -0.1) is 11.8 Å². The van der Waals surface area contributed by atoms with Crippen LogP contribution in [0.3, 0.4) is 0 Å². The van der Waals surface area contributed by atoms with Gasteiger partial charge >= 0.3 is 0 Å². The van der Waals surface area contributed by atoms with Gasteiger partial charge in [0.25, 0.3) is 5.91 Å². The van der Waals surface area contributed by atoms with Gasteiger partial charge in [-0.25, -0.2) is 4.98 Å². The number of hydrogen-bond donors (Lipinski definition) is 2. The fraction of sp³-hybridized carbons (Fsp3) is 0.0667. The van der Waals surface area contributed by atoms with Crippen LogP contribution >= 0.6 is 23.1 Å². The van der Waals surface area contributed by atoms with Crippen LogP contribution in [0.1, 0.15) is 10.4 Å². The second-order valence-electron chi connectivity index (χ2n) is 4.42. The van der Waals surface area contributed by atoms with E-state index in [0.717, 1.165) is 20.8 Å². The standard InChI is InChI=1S/C15H13N3OS2/c1-20-11-4-2-3-10(8-11)17-14(19)9-5-6-12-13(7-9)21-15(16)18-12/h2-8H,1H3,(H2,16,18)(H,17,19). The number of carbonyl (C=O) groups is 1. The van der Waals surface area contributed by atoms with Crippen LogP contribution in [0, 0.1) is 0 Å². The summed E-state index contributed by atoms with van der Waals surface area (Å²) in [7, 11) is 0. The fourth-order valence-corrected chi connectivity index (χ4v) is 3.22. The summed E-state index contributed by atoms with van der Waals surface area (Å²) in [5, 5.41) is 3.41. The Morgan fingerprint density at radius 1 is 1.29 bits per heavy atom. The largest absolute Gasteiger partial charge is 0.375 e.